The van der Waals surface area contributed by atoms with E-state index in [4.69, 9.17) is 9.47 Å². The number of benzene rings is 2. The van der Waals surface area contributed by atoms with Crippen LogP contribution in [-0.2, 0) is 44.8 Å². The van der Waals surface area contributed by atoms with Gasteiger partial charge in [0.15, 0.2) is 12.4 Å². The van der Waals surface area contributed by atoms with Crippen molar-refractivity contribution < 1.29 is 47.8 Å². The molecule has 0 radical (unpaired) electrons. The Balaban J connectivity index is 1.83. The first-order valence-electron chi connectivity index (χ1n) is 17.0. The lowest BCUT2D eigenvalue weighted by molar-refractivity contribution is -0.151. The number of carbonyl (C=O) groups excluding carboxylic acids is 8. The summed E-state index contributed by atoms with van der Waals surface area (Å²) in [6.45, 7) is 9.27. The van der Waals surface area contributed by atoms with E-state index in [0.29, 0.717) is 12.0 Å². The van der Waals surface area contributed by atoms with Crippen LogP contribution in [0.25, 0.3) is 0 Å². The first-order valence-corrected chi connectivity index (χ1v) is 17.0. The second kappa shape index (κ2) is 20.3. The van der Waals surface area contributed by atoms with Gasteiger partial charge in [0.25, 0.3) is 0 Å². The van der Waals surface area contributed by atoms with E-state index in [1.807, 2.05) is 30.3 Å². The van der Waals surface area contributed by atoms with Crippen molar-refractivity contribution in [3.8, 4) is 0 Å². The van der Waals surface area contributed by atoms with Gasteiger partial charge in [-0.1, -0.05) is 60.7 Å². The monoisotopic (exact) mass is 738 g/mol. The van der Waals surface area contributed by atoms with E-state index < -0.39 is 83.2 Å². The van der Waals surface area contributed by atoms with E-state index in [1.54, 1.807) is 30.3 Å². The van der Waals surface area contributed by atoms with Gasteiger partial charge < -0.3 is 41.4 Å². The SMILES string of the molecule is CC(=O)N[C@@H](CCCNC(=O)OCc1ccccc1)C(=O)N[C@@H](C)C(=O)NC(C)(C)C(=O)N[C@@H](C)C(=O)NC(C)(C)C(=O)OCC(=O)c1ccccc1. The molecule has 0 aliphatic heterocycles. The minimum atomic E-state index is -1.56. The van der Waals surface area contributed by atoms with Gasteiger partial charge in [-0.05, 0) is 59.9 Å². The molecule has 2 rings (SSSR count). The second-order valence-corrected chi connectivity index (χ2v) is 13.4. The van der Waals surface area contributed by atoms with E-state index in [-0.39, 0.29) is 19.6 Å². The average molecular weight is 739 g/mol. The second-order valence-electron chi connectivity index (χ2n) is 13.4. The number of amides is 6. The number of rotatable bonds is 19. The summed E-state index contributed by atoms with van der Waals surface area (Å²) in [5, 5.41) is 15.1. The molecule has 2 aromatic carbocycles. The van der Waals surface area contributed by atoms with Crippen LogP contribution >= 0.6 is 0 Å². The van der Waals surface area contributed by atoms with E-state index in [9.17, 15) is 38.4 Å². The number of hydrogen-bond acceptors (Lipinski definition) is 10. The van der Waals surface area contributed by atoms with Crippen LogP contribution in [0, 0.1) is 0 Å². The molecule has 0 fully saturated rings. The molecule has 6 N–H and O–H groups in total. The van der Waals surface area contributed by atoms with Crippen molar-refractivity contribution in [3.05, 3.63) is 71.8 Å². The molecule has 6 amide bonds. The van der Waals surface area contributed by atoms with Crippen molar-refractivity contribution in [2.45, 2.75) is 97.1 Å². The Morgan fingerprint density at radius 1 is 0.679 bits per heavy atom. The number of ketones is 1. The smallest absolute Gasteiger partial charge is 0.407 e. The fraction of sp³-hybridized carbons (Fsp3) is 0.459. The Morgan fingerprint density at radius 2 is 1.23 bits per heavy atom. The van der Waals surface area contributed by atoms with Gasteiger partial charge in [-0.3, -0.25) is 28.8 Å². The fourth-order valence-electron chi connectivity index (χ4n) is 4.57. The van der Waals surface area contributed by atoms with E-state index >= 15 is 0 Å². The first-order chi connectivity index (χ1) is 24.8. The molecular formula is C37H50N6O10. The van der Waals surface area contributed by atoms with Crippen molar-refractivity contribution >= 4 is 47.4 Å². The molecule has 0 aromatic heterocycles. The summed E-state index contributed by atoms with van der Waals surface area (Å²) in [6.07, 6.45) is -0.212. The quantitative estimate of drug-likeness (QED) is 0.0690. The summed E-state index contributed by atoms with van der Waals surface area (Å²) < 4.78 is 10.3. The molecule has 2 aromatic rings. The highest BCUT2D eigenvalue weighted by atomic mass is 16.5. The molecule has 16 nitrogen and oxygen atoms in total. The van der Waals surface area contributed by atoms with Gasteiger partial charge in [0, 0.05) is 19.0 Å². The van der Waals surface area contributed by atoms with Crippen LogP contribution in [-0.4, -0.2) is 89.7 Å². The highest BCUT2D eigenvalue weighted by Gasteiger charge is 2.36. The van der Waals surface area contributed by atoms with Gasteiger partial charge in [-0.25, -0.2) is 9.59 Å². The van der Waals surface area contributed by atoms with Crippen LogP contribution in [0.15, 0.2) is 60.7 Å². The molecule has 16 heteroatoms. The third-order valence-electron chi connectivity index (χ3n) is 7.72. The summed E-state index contributed by atoms with van der Waals surface area (Å²) >= 11 is 0. The summed E-state index contributed by atoms with van der Waals surface area (Å²) in [6, 6.07) is 14.0. The zero-order valence-corrected chi connectivity index (χ0v) is 31.1. The molecule has 0 aliphatic rings. The largest absolute Gasteiger partial charge is 0.456 e. The predicted octanol–water partition coefficient (Wildman–Crippen LogP) is 1.42. The highest BCUT2D eigenvalue weighted by molar-refractivity contribution is 5.99. The lowest BCUT2D eigenvalue weighted by Gasteiger charge is -2.30. The fourth-order valence-corrected chi connectivity index (χ4v) is 4.57. The first kappa shape index (κ1) is 43.4. The zero-order valence-electron chi connectivity index (χ0n) is 31.1. The van der Waals surface area contributed by atoms with Crippen LogP contribution < -0.4 is 31.9 Å². The van der Waals surface area contributed by atoms with Crippen molar-refractivity contribution in [1.82, 2.24) is 31.9 Å². The topological polar surface area (TPSA) is 227 Å². The van der Waals surface area contributed by atoms with Gasteiger partial charge in [-0.15, -0.1) is 0 Å². The Bertz CT molecular complexity index is 1610. The van der Waals surface area contributed by atoms with E-state index in [0.717, 1.165) is 5.56 Å². The normalized spacial score (nSPS) is 12.8. The third-order valence-corrected chi connectivity index (χ3v) is 7.72. The van der Waals surface area contributed by atoms with Crippen LogP contribution in [0.1, 0.15) is 77.2 Å². The molecule has 288 valence electrons. The average Bonchev–Trinajstić information content (AvgIpc) is 3.10. The summed E-state index contributed by atoms with van der Waals surface area (Å²) in [5.74, 6) is -4.63. The lowest BCUT2D eigenvalue weighted by Crippen LogP contribution is -2.62. The van der Waals surface area contributed by atoms with Crippen molar-refractivity contribution in [1.29, 1.82) is 0 Å². The minimum absolute atomic E-state index is 0.0910. The molecule has 0 aliphatic carbocycles. The molecule has 3 atom stereocenters. The number of Topliss-reactive ketones (excluding diaryl/α,β-unsaturated/α-hetero) is 1. The van der Waals surface area contributed by atoms with E-state index in [1.165, 1.54) is 48.5 Å². The van der Waals surface area contributed by atoms with Gasteiger partial charge >= 0.3 is 12.1 Å². The number of ether oxygens (including phenoxy) is 2. The Hall–Kier alpha value is -5.80. The number of hydrogen-bond donors (Lipinski definition) is 6. The van der Waals surface area contributed by atoms with Crippen LogP contribution in [0.5, 0.6) is 0 Å². The molecule has 0 spiro atoms. The molecule has 53 heavy (non-hydrogen) atoms. The van der Waals surface area contributed by atoms with Gasteiger partial charge in [-0.2, -0.15) is 0 Å². The molecule has 0 saturated carbocycles. The van der Waals surface area contributed by atoms with E-state index in [2.05, 4.69) is 31.9 Å². The standard InChI is InChI=1S/C37H50N6O10/c1-23(39-32(48)28(41-25(3)44)19-14-20-38-35(51)53-21-26-15-10-8-11-16-26)30(46)42-36(4,5)33(49)40-24(2)31(47)43-37(6,7)34(50)52-22-29(45)27-17-12-9-13-18-27/h8-13,15-18,23-24,28H,14,19-22H2,1-7H3,(H,38,51)(H,39,48)(H,40,49)(H,41,44)(H,42,46)(H,43,47)/t23-,24-,28-/m0/s1. The molecule has 0 heterocycles. The number of esters is 1. The minimum Gasteiger partial charge on any atom is -0.456 e. The van der Waals surface area contributed by atoms with Crippen molar-refractivity contribution in [2.75, 3.05) is 13.2 Å². The Labute approximate surface area is 308 Å². The molecule has 0 bridgehead atoms. The maximum Gasteiger partial charge on any atom is 0.407 e. The van der Waals surface area contributed by atoms with Crippen LogP contribution in [0.2, 0.25) is 0 Å². The molecular weight excluding hydrogens is 688 g/mol. The van der Waals surface area contributed by atoms with Crippen LogP contribution in [0.3, 0.4) is 0 Å². The Morgan fingerprint density at radius 3 is 1.81 bits per heavy atom. The maximum absolute atomic E-state index is 13.1. The van der Waals surface area contributed by atoms with Crippen molar-refractivity contribution in [3.63, 3.8) is 0 Å². The Kier molecular flexibility index (Phi) is 16.6. The molecule has 0 saturated heterocycles. The number of alkyl carbamates (subject to hydrolysis) is 1. The maximum atomic E-state index is 13.1. The van der Waals surface area contributed by atoms with Crippen LogP contribution in [0.4, 0.5) is 4.79 Å². The summed E-state index contributed by atoms with van der Waals surface area (Å²) in [5.41, 5.74) is -1.93. The number of carbonyl (C=O) groups is 8. The van der Waals surface area contributed by atoms with Gasteiger partial charge in [0.1, 0.15) is 35.8 Å². The number of nitrogens with one attached hydrogen (secondary N) is 6. The highest BCUT2D eigenvalue weighted by Crippen LogP contribution is 2.10. The third kappa shape index (κ3) is 15.1. The molecule has 0 unspecified atom stereocenters. The lowest BCUT2D eigenvalue weighted by atomic mass is 10.0. The van der Waals surface area contributed by atoms with Crippen molar-refractivity contribution in [2.24, 2.45) is 0 Å². The van der Waals surface area contributed by atoms with Gasteiger partial charge in [0.05, 0.1) is 0 Å². The predicted molar refractivity (Wildman–Crippen MR) is 193 cm³/mol. The zero-order chi connectivity index (χ0) is 39.8. The summed E-state index contributed by atoms with van der Waals surface area (Å²) in [4.78, 5) is 101. The van der Waals surface area contributed by atoms with Gasteiger partial charge in [0.2, 0.25) is 29.5 Å². The summed E-state index contributed by atoms with van der Waals surface area (Å²) in [7, 11) is 0.